The zero-order chi connectivity index (χ0) is 17.1. The van der Waals surface area contributed by atoms with E-state index in [4.69, 9.17) is 10.5 Å². The normalized spacial score (nSPS) is 12.8. The molecule has 0 spiro atoms. The molecule has 2 N–H and O–H groups in total. The standard InChI is InChI=1S/C19H35N3O/c1-5-12-22(13-6-2)19(16-20)17-8-10-18(11-9-17)23-15-7-14-21(3)4/h8-11,19H,5-7,12-16,20H2,1-4H3. The first-order valence-corrected chi connectivity index (χ1v) is 8.93. The molecule has 0 bridgehead atoms. The van der Waals surface area contributed by atoms with Crippen LogP contribution < -0.4 is 10.5 Å². The van der Waals surface area contributed by atoms with Crippen molar-refractivity contribution < 1.29 is 4.74 Å². The minimum Gasteiger partial charge on any atom is -0.494 e. The largest absolute Gasteiger partial charge is 0.494 e. The molecule has 23 heavy (non-hydrogen) atoms. The minimum atomic E-state index is 0.303. The summed E-state index contributed by atoms with van der Waals surface area (Å²) in [4.78, 5) is 4.67. The molecule has 4 heteroatoms. The molecular weight excluding hydrogens is 286 g/mol. The molecular formula is C19H35N3O. The van der Waals surface area contributed by atoms with Gasteiger partial charge in [-0.2, -0.15) is 0 Å². The Morgan fingerprint density at radius 3 is 2.09 bits per heavy atom. The topological polar surface area (TPSA) is 41.7 Å². The lowest BCUT2D eigenvalue weighted by atomic mass is 10.0. The molecule has 0 aliphatic carbocycles. The average Bonchev–Trinajstić information content (AvgIpc) is 2.54. The third-order valence-corrected chi connectivity index (χ3v) is 3.97. The molecule has 0 amide bonds. The van der Waals surface area contributed by atoms with E-state index in [-0.39, 0.29) is 0 Å². The molecule has 1 unspecified atom stereocenters. The van der Waals surface area contributed by atoms with Crippen molar-refractivity contribution >= 4 is 0 Å². The first-order chi connectivity index (χ1) is 11.1. The van der Waals surface area contributed by atoms with Crippen molar-refractivity contribution in [2.45, 2.75) is 39.2 Å². The molecule has 0 aliphatic rings. The monoisotopic (exact) mass is 321 g/mol. The van der Waals surface area contributed by atoms with Gasteiger partial charge in [-0.25, -0.2) is 0 Å². The molecule has 0 saturated heterocycles. The smallest absolute Gasteiger partial charge is 0.119 e. The van der Waals surface area contributed by atoms with Crippen LogP contribution in [-0.2, 0) is 0 Å². The highest BCUT2D eigenvalue weighted by atomic mass is 16.5. The summed E-state index contributed by atoms with van der Waals surface area (Å²) in [6.45, 7) is 9.10. The van der Waals surface area contributed by atoms with Crippen molar-refractivity contribution in [3.8, 4) is 5.75 Å². The maximum atomic E-state index is 6.05. The Morgan fingerprint density at radius 1 is 1.00 bits per heavy atom. The second-order valence-corrected chi connectivity index (χ2v) is 6.36. The van der Waals surface area contributed by atoms with Crippen LogP contribution in [0.1, 0.15) is 44.7 Å². The fourth-order valence-electron chi connectivity index (χ4n) is 2.85. The van der Waals surface area contributed by atoms with Gasteiger partial charge in [-0.3, -0.25) is 4.90 Å². The van der Waals surface area contributed by atoms with Crippen molar-refractivity contribution in [1.82, 2.24) is 9.80 Å². The van der Waals surface area contributed by atoms with Crippen LogP contribution in [0.2, 0.25) is 0 Å². The minimum absolute atomic E-state index is 0.303. The summed E-state index contributed by atoms with van der Waals surface area (Å²) in [5.41, 5.74) is 7.34. The first kappa shape index (κ1) is 19.9. The van der Waals surface area contributed by atoms with E-state index in [1.807, 2.05) is 0 Å². The summed E-state index contributed by atoms with van der Waals surface area (Å²) in [5, 5.41) is 0. The van der Waals surface area contributed by atoms with Gasteiger partial charge in [-0.15, -0.1) is 0 Å². The molecule has 1 aromatic rings. The number of rotatable bonds is 12. The molecule has 0 aromatic heterocycles. The highest BCUT2D eigenvalue weighted by Crippen LogP contribution is 2.23. The molecule has 0 heterocycles. The Morgan fingerprint density at radius 2 is 1.61 bits per heavy atom. The molecule has 1 aromatic carbocycles. The zero-order valence-corrected chi connectivity index (χ0v) is 15.4. The molecule has 1 atom stereocenters. The Balaban J connectivity index is 2.61. The Hall–Kier alpha value is -1.10. The number of nitrogens with zero attached hydrogens (tertiary/aromatic N) is 2. The fourth-order valence-corrected chi connectivity index (χ4v) is 2.85. The number of ether oxygens (including phenoxy) is 1. The molecule has 4 nitrogen and oxygen atoms in total. The number of benzene rings is 1. The van der Waals surface area contributed by atoms with Crippen LogP contribution in [0.5, 0.6) is 5.75 Å². The van der Waals surface area contributed by atoms with Gasteiger partial charge in [0.2, 0.25) is 0 Å². The van der Waals surface area contributed by atoms with E-state index in [0.29, 0.717) is 12.6 Å². The van der Waals surface area contributed by atoms with Crippen LogP contribution in [0.3, 0.4) is 0 Å². The Bertz CT molecular complexity index is 400. The van der Waals surface area contributed by atoms with Crippen LogP contribution in [0.15, 0.2) is 24.3 Å². The van der Waals surface area contributed by atoms with Gasteiger partial charge in [-0.05, 0) is 64.1 Å². The molecule has 0 radical (unpaired) electrons. The van der Waals surface area contributed by atoms with Gasteiger partial charge in [0.1, 0.15) is 5.75 Å². The van der Waals surface area contributed by atoms with Gasteiger partial charge in [0.05, 0.1) is 6.61 Å². The maximum Gasteiger partial charge on any atom is 0.119 e. The molecule has 1 rings (SSSR count). The van der Waals surface area contributed by atoms with Gasteiger partial charge in [0, 0.05) is 19.1 Å². The van der Waals surface area contributed by atoms with Crippen LogP contribution in [0, 0.1) is 0 Å². The van der Waals surface area contributed by atoms with Gasteiger partial charge in [0.25, 0.3) is 0 Å². The summed E-state index contributed by atoms with van der Waals surface area (Å²) >= 11 is 0. The summed E-state index contributed by atoms with van der Waals surface area (Å²) in [6.07, 6.45) is 3.36. The summed E-state index contributed by atoms with van der Waals surface area (Å²) in [6, 6.07) is 8.78. The molecule has 0 saturated carbocycles. The average molecular weight is 322 g/mol. The van der Waals surface area contributed by atoms with Gasteiger partial charge in [0.15, 0.2) is 0 Å². The van der Waals surface area contributed by atoms with Crippen LogP contribution in [0.4, 0.5) is 0 Å². The predicted octanol–water partition coefficient (Wildman–Crippen LogP) is 3.14. The van der Waals surface area contributed by atoms with E-state index in [9.17, 15) is 0 Å². The zero-order valence-electron chi connectivity index (χ0n) is 15.4. The lowest BCUT2D eigenvalue weighted by molar-refractivity contribution is 0.202. The van der Waals surface area contributed by atoms with Crippen molar-refractivity contribution in [3.63, 3.8) is 0 Å². The van der Waals surface area contributed by atoms with E-state index in [0.717, 1.165) is 51.3 Å². The van der Waals surface area contributed by atoms with Crippen LogP contribution in [-0.4, -0.2) is 56.7 Å². The third kappa shape index (κ3) is 7.34. The number of nitrogens with two attached hydrogens (primary N) is 1. The van der Waals surface area contributed by atoms with Gasteiger partial charge in [-0.1, -0.05) is 26.0 Å². The first-order valence-electron chi connectivity index (χ1n) is 8.93. The summed E-state index contributed by atoms with van der Waals surface area (Å²) < 4.78 is 5.81. The van der Waals surface area contributed by atoms with E-state index >= 15 is 0 Å². The molecule has 132 valence electrons. The quantitative estimate of drug-likeness (QED) is 0.601. The van der Waals surface area contributed by atoms with Gasteiger partial charge >= 0.3 is 0 Å². The second-order valence-electron chi connectivity index (χ2n) is 6.36. The number of hydrogen-bond donors (Lipinski definition) is 1. The summed E-state index contributed by atoms with van der Waals surface area (Å²) in [7, 11) is 4.17. The van der Waals surface area contributed by atoms with Crippen molar-refractivity contribution in [3.05, 3.63) is 29.8 Å². The second kappa shape index (κ2) is 11.4. The van der Waals surface area contributed by atoms with E-state index in [2.05, 4.69) is 62.0 Å². The lowest BCUT2D eigenvalue weighted by Gasteiger charge is -2.30. The van der Waals surface area contributed by atoms with Crippen molar-refractivity contribution in [1.29, 1.82) is 0 Å². The van der Waals surface area contributed by atoms with E-state index in [1.54, 1.807) is 0 Å². The molecule has 0 aliphatic heterocycles. The maximum absolute atomic E-state index is 6.05. The van der Waals surface area contributed by atoms with E-state index in [1.165, 1.54) is 5.56 Å². The predicted molar refractivity (Wildman–Crippen MR) is 99.1 cm³/mol. The molecule has 0 fully saturated rings. The SMILES string of the molecule is CCCN(CCC)C(CN)c1ccc(OCCCN(C)C)cc1. The van der Waals surface area contributed by atoms with Crippen molar-refractivity contribution in [2.75, 3.05) is 46.9 Å². The van der Waals surface area contributed by atoms with Crippen LogP contribution in [0.25, 0.3) is 0 Å². The fraction of sp³-hybridized carbons (Fsp3) is 0.684. The highest BCUT2D eigenvalue weighted by molar-refractivity contribution is 5.29. The number of hydrogen-bond acceptors (Lipinski definition) is 4. The van der Waals surface area contributed by atoms with Crippen LogP contribution >= 0.6 is 0 Å². The third-order valence-electron chi connectivity index (χ3n) is 3.97. The highest BCUT2D eigenvalue weighted by Gasteiger charge is 2.17. The van der Waals surface area contributed by atoms with Crippen molar-refractivity contribution in [2.24, 2.45) is 5.73 Å². The summed E-state index contributed by atoms with van der Waals surface area (Å²) in [5.74, 6) is 0.945. The van der Waals surface area contributed by atoms with E-state index < -0.39 is 0 Å². The van der Waals surface area contributed by atoms with Gasteiger partial charge < -0.3 is 15.4 Å². The lowest BCUT2D eigenvalue weighted by Crippen LogP contribution is -2.35. The Kier molecular flexibility index (Phi) is 9.92. The Labute approximate surface area is 142 Å².